The smallest absolute Gasteiger partial charge is 0.187 e. The van der Waals surface area contributed by atoms with Crippen molar-refractivity contribution in [3.8, 4) is 0 Å². The highest BCUT2D eigenvalue weighted by molar-refractivity contribution is 6.72. The molecule has 0 aromatic carbocycles. The maximum atomic E-state index is 7.32. The van der Waals surface area contributed by atoms with E-state index in [4.69, 9.17) is 50.9 Å². The maximum Gasteiger partial charge on any atom is 0.187 e. The Morgan fingerprint density at radius 3 is 1.08 bits per heavy atom. The van der Waals surface area contributed by atoms with Crippen molar-refractivity contribution < 1.29 is 45.2 Å². The Kier molecular flexibility index (Phi) is 16.7. The molecule has 0 spiro atoms. The molecule has 0 amide bonds. The van der Waals surface area contributed by atoms with Gasteiger partial charge in [-0.1, -0.05) is 0 Å². The molecule has 2 N–H and O–H groups in total. The molecule has 0 saturated carbocycles. The summed E-state index contributed by atoms with van der Waals surface area (Å²) in [7, 11) is -14.8. The fraction of sp³-hybridized carbons (Fsp3) is 1.00. The van der Waals surface area contributed by atoms with Crippen molar-refractivity contribution in [2.24, 2.45) is 5.73 Å². The molecule has 10 atom stereocenters. The predicted molar refractivity (Wildman–Crippen MR) is 226 cm³/mol. The van der Waals surface area contributed by atoms with Gasteiger partial charge in [-0.25, -0.2) is 0 Å². The third-order valence-electron chi connectivity index (χ3n) is 7.30. The van der Waals surface area contributed by atoms with Crippen LogP contribution in [0.3, 0.4) is 0 Å². The summed E-state index contributed by atoms with van der Waals surface area (Å²) < 4.78 is 69.7. The molecule has 2 aliphatic heterocycles. The monoisotopic (exact) mass is 845 g/mol. The SMILES string of the molecule is C[Si](C)(C)OC[C@H]1O[C@H](O[Si](C)(C)C)[C@H](O[Si](C)(C)C)[C@@H](O[Si](C)(C)C)[C@@H]1O[C@H]1O[C@H](CN)[C@@H](O[Si](C)(C)C)[C@H](O[Si](C)(C)C)[C@H]1O[Si](C)(C)C. The van der Waals surface area contributed by atoms with E-state index in [1.54, 1.807) is 0 Å². The summed E-state index contributed by atoms with van der Waals surface area (Å²) >= 11 is 0. The van der Waals surface area contributed by atoms with Crippen LogP contribution in [0.15, 0.2) is 0 Å². The summed E-state index contributed by atoms with van der Waals surface area (Å²) in [5.41, 5.74) is 6.50. The standard InChI is InChI=1S/C33H79NO10Si7/c1-45(2,3)35-23-25-26(28(40-47(7,8)9)31(43-50(16,17)18)33(37-25)44-51(19,20)21)38-32-30(42-49(13,14)15)29(41-48(10,11)12)27(24(22-34)36-32)39-46(4,5)6/h24-33H,22-23,34H2,1-21H3/t24-,25-,26-,27-,28+,29+,30-,31-,32-,33-/m1/s1. The molecule has 2 aliphatic rings. The molecule has 2 fully saturated rings. The molecule has 2 saturated heterocycles. The van der Waals surface area contributed by atoms with E-state index >= 15 is 0 Å². The lowest BCUT2D eigenvalue weighted by atomic mass is 9.97. The van der Waals surface area contributed by atoms with Crippen LogP contribution in [0.2, 0.25) is 137 Å². The van der Waals surface area contributed by atoms with Gasteiger partial charge < -0.3 is 50.9 Å². The van der Waals surface area contributed by atoms with Crippen LogP contribution in [0.5, 0.6) is 0 Å². The van der Waals surface area contributed by atoms with Crippen LogP contribution >= 0.6 is 0 Å². The van der Waals surface area contributed by atoms with Crippen LogP contribution in [-0.2, 0) is 45.2 Å². The van der Waals surface area contributed by atoms with Crippen LogP contribution in [0.25, 0.3) is 0 Å². The van der Waals surface area contributed by atoms with Gasteiger partial charge in [-0.3, -0.25) is 0 Å². The topological polar surface area (TPSA) is 118 Å². The molecule has 2 heterocycles. The van der Waals surface area contributed by atoms with Crippen molar-refractivity contribution in [2.75, 3.05) is 13.2 Å². The Labute approximate surface area is 319 Å². The summed E-state index contributed by atoms with van der Waals surface area (Å²) in [6.45, 7) is 46.4. The number of ether oxygens (including phenoxy) is 3. The first-order valence-electron chi connectivity index (χ1n) is 18.9. The van der Waals surface area contributed by atoms with Gasteiger partial charge >= 0.3 is 0 Å². The molecule has 51 heavy (non-hydrogen) atoms. The molecule has 0 unspecified atom stereocenters. The minimum Gasteiger partial charge on any atom is -0.415 e. The number of hydrogen-bond donors (Lipinski definition) is 1. The zero-order chi connectivity index (χ0) is 39.8. The van der Waals surface area contributed by atoms with E-state index < -0.39 is 120 Å². The van der Waals surface area contributed by atoms with Crippen LogP contribution in [0.4, 0.5) is 0 Å². The zero-order valence-electron chi connectivity index (χ0n) is 36.3. The van der Waals surface area contributed by atoms with E-state index in [1.165, 1.54) is 0 Å². The molecule has 0 aromatic rings. The van der Waals surface area contributed by atoms with Gasteiger partial charge in [-0.15, -0.1) is 0 Å². The van der Waals surface area contributed by atoms with Crippen molar-refractivity contribution >= 4 is 58.2 Å². The van der Waals surface area contributed by atoms with E-state index in [0.717, 1.165) is 0 Å². The van der Waals surface area contributed by atoms with Crippen molar-refractivity contribution in [1.29, 1.82) is 0 Å². The lowest BCUT2D eigenvalue weighted by molar-refractivity contribution is -0.342. The van der Waals surface area contributed by atoms with Crippen LogP contribution in [0, 0.1) is 0 Å². The molecule has 0 bridgehead atoms. The average Bonchev–Trinajstić information content (AvgIpc) is 2.84. The molecular formula is C33H79NO10Si7. The summed E-state index contributed by atoms with van der Waals surface area (Å²) in [6, 6.07) is 0. The van der Waals surface area contributed by atoms with Crippen molar-refractivity contribution in [3.05, 3.63) is 0 Å². The van der Waals surface area contributed by atoms with Crippen molar-refractivity contribution in [1.82, 2.24) is 0 Å². The lowest BCUT2D eigenvalue weighted by Crippen LogP contribution is -2.70. The Hall–Kier alpha value is 1.08. The highest BCUT2D eigenvalue weighted by atomic mass is 28.4. The first-order chi connectivity index (χ1) is 22.6. The van der Waals surface area contributed by atoms with Crippen LogP contribution in [-0.4, -0.2) is 133 Å². The largest absolute Gasteiger partial charge is 0.415 e. The van der Waals surface area contributed by atoms with Gasteiger partial charge in [-0.2, -0.15) is 0 Å². The van der Waals surface area contributed by atoms with Gasteiger partial charge in [0.15, 0.2) is 70.8 Å². The summed E-state index contributed by atoms with van der Waals surface area (Å²) in [5, 5.41) is 0. The quantitative estimate of drug-likeness (QED) is 0.138. The van der Waals surface area contributed by atoms with Crippen molar-refractivity contribution in [3.63, 3.8) is 0 Å². The molecule has 0 aromatic heterocycles. The third-order valence-corrected chi connectivity index (χ3v) is 14.2. The van der Waals surface area contributed by atoms with Gasteiger partial charge in [0.1, 0.15) is 48.8 Å². The fourth-order valence-electron chi connectivity index (χ4n) is 5.99. The van der Waals surface area contributed by atoms with E-state index in [1.807, 2.05) is 0 Å². The Bertz CT molecular complexity index is 1080. The number of nitrogens with two attached hydrogens (primary N) is 1. The molecule has 304 valence electrons. The second-order valence-electron chi connectivity index (χ2n) is 21.1. The van der Waals surface area contributed by atoms with Crippen molar-refractivity contribution in [2.45, 2.75) is 199 Å². The minimum atomic E-state index is -2.20. The van der Waals surface area contributed by atoms with Crippen LogP contribution in [0.1, 0.15) is 0 Å². The minimum absolute atomic E-state index is 0.242. The lowest BCUT2D eigenvalue weighted by Gasteiger charge is -2.54. The molecule has 0 aliphatic carbocycles. The van der Waals surface area contributed by atoms with E-state index in [9.17, 15) is 0 Å². The third kappa shape index (κ3) is 17.8. The second-order valence-corrected chi connectivity index (χ2v) is 52.3. The average molecular weight is 847 g/mol. The van der Waals surface area contributed by atoms with Gasteiger partial charge in [-0.05, 0) is 137 Å². The predicted octanol–water partition coefficient (Wildman–Crippen LogP) is 7.58. The summed E-state index contributed by atoms with van der Waals surface area (Å²) in [4.78, 5) is 0. The zero-order valence-corrected chi connectivity index (χ0v) is 43.3. The molecule has 2 rings (SSSR count). The molecule has 0 radical (unpaired) electrons. The van der Waals surface area contributed by atoms with Gasteiger partial charge in [0, 0.05) is 6.54 Å². The fourth-order valence-corrected chi connectivity index (χ4v) is 12.9. The Balaban J connectivity index is 2.84. The first kappa shape index (κ1) is 48.2. The Morgan fingerprint density at radius 2 is 0.706 bits per heavy atom. The van der Waals surface area contributed by atoms with Gasteiger partial charge in [0.2, 0.25) is 0 Å². The van der Waals surface area contributed by atoms with E-state index in [2.05, 4.69) is 137 Å². The summed E-state index contributed by atoms with van der Waals surface area (Å²) in [5.74, 6) is 0. The normalized spacial score (nSPS) is 32.4. The Morgan fingerprint density at radius 1 is 0.373 bits per heavy atom. The number of hydrogen-bond acceptors (Lipinski definition) is 11. The molecule has 11 nitrogen and oxygen atoms in total. The second kappa shape index (κ2) is 17.7. The van der Waals surface area contributed by atoms with E-state index in [0.29, 0.717) is 6.61 Å². The number of rotatable bonds is 18. The van der Waals surface area contributed by atoms with Crippen LogP contribution < -0.4 is 5.73 Å². The van der Waals surface area contributed by atoms with Gasteiger partial charge in [0.25, 0.3) is 0 Å². The highest BCUT2D eigenvalue weighted by Gasteiger charge is 2.57. The van der Waals surface area contributed by atoms with E-state index in [-0.39, 0.29) is 6.54 Å². The van der Waals surface area contributed by atoms with Gasteiger partial charge in [0.05, 0.1) is 6.61 Å². The highest BCUT2D eigenvalue weighted by Crippen LogP contribution is 2.39. The maximum absolute atomic E-state index is 7.32. The summed E-state index contributed by atoms with van der Waals surface area (Å²) in [6.07, 6.45) is -5.59. The first-order valence-corrected chi connectivity index (χ1v) is 42.8. The molecule has 18 heteroatoms. The molecular weight excluding hydrogens is 767 g/mol.